The lowest BCUT2D eigenvalue weighted by molar-refractivity contribution is -0.135. The van der Waals surface area contributed by atoms with Crippen molar-refractivity contribution in [2.75, 3.05) is 43.0 Å². The predicted molar refractivity (Wildman–Crippen MR) is 129 cm³/mol. The molecule has 3 aliphatic rings. The summed E-state index contributed by atoms with van der Waals surface area (Å²) in [5.41, 5.74) is 2.61. The monoisotopic (exact) mass is 462 g/mol. The number of nitrogens with one attached hydrogen (secondary N) is 2. The maximum atomic E-state index is 12.9. The topological polar surface area (TPSA) is 91.0 Å². The summed E-state index contributed by atoms with van der Waals surface area (Å²) in [5, 5.41) is 5.82. The van der Waals surface area contributed by atoms with Crippen LogP contribution < -0.4 is 20.3 Å². The van der Waals surface area contributed by atoms with Crippen molar-refractivity contribution in [1.82, 2.24) is 10.2 Å². The van der Waals surface area contributed by atoms with Gasteiger partial charge in [0.1, 0.15) is 5.75 Å². The summed E-state index contributed by atoms with van der Waals surface area (Å²) in [6.07, 6.45) is 2.51. The van der Waals surface area contributed by atoms with E-state index in [0.29, 0.717) is 37.6 Å². The number of likely N-dealkylation sites (tertiary alicyclic amines) is 1. The Balaban J connectivity index is 1.11. The average Bonchev–Trinajstić information content (AvgIpc) is 3.37. The molecule has 0 radical (unpaired) electrons. The van der Waals surface area contributed by atoms with Crippen LogP contribution in [0.1, 0.15) is 24.8 Å². The van der Waals surface area contributed by atoms with Crippen molar-refractivity contribution in [2.45, 2.75) is 26.2 Å². The van der Waals surface area contributed by atoms with Crippen LogP contribution in [0.15, 0.2) is 48.5 Å². The molecule has 2 aromatic rings. The third-order valence-corrected chi connectivity index (χ3v) is 7.28. The number of urea groups is 1. The number of anilines is 2. The van der Waals surface area contributed by atoms with Crippen LogP contribution in [-0.2, 0) is 9.59 Å². The molecule has 1 unspecified atom stereocenters. The zero-order valence-corrected chi connectivity index (χ0v) is 19.4. The van der Waals surface area contributed by atoms with E-state index < -0.39 is 0 Å². The molecule has 0 aromatic heterocycles. The molecule has 1 aliphatic carbocycles. The molecule has 0 bridgehead atoms. The summed E-state index contributed by atoms with van der Waals surface area (Å²) in [6, 6.07) is 15.0. The van der Waals surface area contributed by atoms with Crippen LogP contribution >= 0.6 is 0 Å². The van der Waals surface area contributed by atoms with Crippen LogP contribution in [0.3, 0.4) is 0 Å². The quantitative estimate of drug-likeness (QED) is 0.690. The summed E-state index contributed by atoms with van der Waals surface area (Å²) in [5.74, 6) is 0.665. The fraction of sp³-hybridized carbons (Fsp3) is 0.423. The van der Waals surface area contributed by atoms with Gasteiger partial charge < -0.3 is 20.3 Å². The molecule has 5 rings (SSSR count). The first-order chi connectivity index (χ1) is 16.4. The van der Waals surface area contributed by atoms with Crippen LogP contribution in [0.5, 0.6) is 5.75 Å². The number of hydrogen-bond donors (Lipinski definition) is 2. The second-order valence-corrected chi connectivity index (χ2v) is 9.52. The van der Waals surface area contributed by atoms with E-state index in [-0.39, 0.29) is 35.8 Å². The van der Waals surface area contributed by atoms with Gasteiger partial charge in [0, 0.05) is 43.5 Å². The Labute approximate surface area is 199 Å². The van der Waals surface area contributed by atoms with Gasteiger partial charge in [0.05, 0.1) is 0 Å². The average molecular weight is 463 g/mol. The van der Waals surface area contributed by atoms with Gasteiger partial charge in [0.15, 0.2) is 6.61 Å². The van der Waals surface area contributed by atoms with Crippen LogP contribution in [0, 0.1) is 18.3 Å². The van der Waals surface area contributed by atoms with Crippen LogP contribution in [0.4, 0.5) is 16.2 Å². The highest BCUT2D eigenvalue weighted by atomic mass is 16.5. The first-order valence-electron chi connectivity index (χ1n) is 11.9. The number of nitrogens with zero attached hydrogens (tertiary/aromatic N) is 2. The molecule has 8 nitrogen and oxygen atoms in total. The van der Waals surface area contributed by atoms with Gasteiger partial charge in [-0.25, -0.2) is 4.79 Å². The van der Waals surface area contributed by atoms with Gasteiger partial charge >= 0.3 is 6.03 Å². The molecule has 2 saturated heterocycles. The molecular formula is C26H30N4O4. The fourth-order valence-electron chi connectivity index (χ4n) is 5.04. The van der Waals surface area contributed by atoms with Gasteiger partial charge in [-0.15, -0.1) is 0 Å². The Hall–Kier alpha value is -3.55. The first-order valence-corrected chi connectivity index (χ1v) is 11.9. The molecule has 8 heteroatoms. The van der Waals surface area contributed by atoms with Crippen molar-refractivity contribution in [3.05, 3.63) is 54.1 Å². The Kier molecular flexibility index (Phi) is 5.89. The van der Waals surface area contributed by atoms with Crippen LogP contribution in [0.2, 0.25) is 0 Å². The third-order valence-electron chi connectivity index (χ3n) is 7.28. The molecule has 1 spiro atoms. The molecular weight excluding hydrogens is 432 g/mol. The lowest BCUT2D eigenvalue weighted by Gasteiger charge is -2.32. The van der Waals surface area contributed by atoms with Crippen molar-refractivity contribution >= 4 is 29.2 Å². The number of hydrogen-bond acceptors (Lipinski definition) is 4. The zero-order valence-electron chi connectivity index (χ0n) is 19.4. The summed E-state index contributed by atoms with van der Waals surface area (Å²) in [7, 11) is 0. The maximum absolute atomic E-state index is 12.9. The third kappa shape index (κ3) is 4.58. The van der Waals surface area contributed by atoms with E-state index in [1.54, 1.807) is 4.90 Å². The highest BCUT2D eigenvalue weighted by molar-refractivity contribution is 5.97. The number of carbonyl (C=O) groups excluding carboxylic acids is 3. The first kappa shape index (κ1) is 22.3. The molecule has 2 aliphatic heterocycles. The highest BCUT2D eigenvalue weighted by Gasteiger charge is 2.58. The van der Waals surface area contributed by atoms with E-state index in [4.69, 9.17) is 4.74 Å². The molecule has 34 heavy (non-hydrogen) atoms. The SMILES string of the molecule is Cc1ccc(OCC(=O)N2CCC3(CC2)CC3C(=O)Nc2cccc(N3CCNC3=O)c2)cc1. The number of amides is 4. The van der Waals surface area contributed by atoms with Crippen LogP contribution in [-0.4, -0.2) is 55.5 Å². The van der Waals surface area contributed by atoms with E-state index in [9.17, 15) is 14.4 Å². The smallest absolute Gasteiger partial charge is 0.321 e. The Morgan fingerprint density at radius 1 is 1.12 bits per heavy atom. The molecule has 2 N–H and O–H groups in total. The van der Waals surface area contributed by atoms with Crippen molar-refractivity contribution < 1.29 is 19.1 Å². The van der Waals surface area contributed by atoms with Gasteiger partial charge in [0.25, 0.3) is 5.91 Å². The molecule has 1 saturated carbocycles. The summed E-state index contributed by atoms with van der Waals surface area (Å²) >= 11 is 0. The largest absolute Gasteiger partial charge is 0.484 e. The minimum absolute atomic E-state index is 0.00880. The Morgan fingerprint density at radius 2 is 1.88 bits per heavy atom. The molecule has 2 aromatic carbocycles. The minimum Gasteiger partial charge on any atom is -0.484 e. The number of rotatable bonds is 6. The Morgan fingerprint density at radius 3 is 2.59 bits per heavy atom. The number of benzene rings is 2. The fourth-order valence-corrected chi connectivity index (χ4v) is 5.04. The van der Waals surface area contributed by atoms with Crippen molar-refractivity contribution in [3.8, 4) is 5.75 Å². The lowest BCUT2D eigenvalue weighted by Crippen LogP contribution is -2.42. The van der Waals surface area contributed by atoms with Crippen molar-refractivity contribution in [3.63, 3.8) is 0 Å². The zero-order chi connectivity index (χ0) is 23.7. The minimum atomic E-state index is -0.116. The van der Waals surface area contributed by atoms with E-state index in [0.717, 1.165) is 30.5 Å². The standard InChI is InChI=1S/C26H30N4O4/c1-18-5-7-21(8-6-18)34-17-23(31)29-12-9-26(10-13-29)16-22(26)24(32)28-19-3-2-4-20(15-19)30-14-11-27-25(30)33/h2-8,15,22H,9-14,16-17H2,1H3,(H,27,33)(H,28,32). The highest BCUT2D eigenvalue weighted by Crippen LogP contribution is 2.59. The van der Waals surface area contributed by atoms with Crippen molar-refractivity contribution in [1.29, 1.82) is 0 Å². The number of ether oxygens (including phenoxy) is 1. The van der Waals surface area contributed by atoms with E-state index in [2.05, 4.69) is 10.6 Å². The molecule has 4 amide bonds. The molecule has 1 atom stereocenters. The normalized spacial score (nSPS) is 20.7. The second kappa shape index (κ2) is 9.00. The van der Waals surface area contributed by atoms with E-state index in [1.165, 1.54) is 0 Å². The second-order valence-electron chi connectivity index (χ2n) is 9.52. The number of carbonyl (C=O) groups is 3. The molecule has 3 fully saturated rings. The van der Waals surface area contributed by atoms with Crippen molar-refractivity contribution in [2.24, 2.45) is 11.3 Å². The predicted octanol–water partition coefficient (Wildman–Crippen LogP) is 3.17. The summed E-state index contributed by atoms with van der Waals surface area (Å²) in [4.78, 5) is 41.0. The van der Waals surface area contributed by atoms with Gasteiger partial charge in [-0.1, -0.05) is 23.8 Å². The number of piperidine rings is 1. The lowest BCUT2D eigenvalue weighted by atomic mass is 9.90. The molecule has 2 heterocycles. The number of aryl methyl sites for hydroxylation is 1. The Bertz CT molecular complexity index is 1090. The summed E-state index contributed by atoms with van der Waals surface area (Å²) in [6.45, 7) is 4.59. The van der Waals surface area contributed by atoms with E-state index >= 15 is 0 Å². The van der Waals surface area contributed by atoms with Crippen LogP contribution in [0.25, 0.3) is 0 Å². The molecule has 178 valence electrons. The summed E-state index contributed by atoms with van der Waals surface area (Å²) < 4.78 is 5.64. The van der Waals surface area contributed by atoms with Gasteiger partial charge in [-0.3, -0.25) is 14.5 Å². The van der Waals surface area contributed by atoms with Gasteiger partial charge in [-0.05, 0) is 61.9 Å². The van der Waals surface area contributed by atoms with Gasteiger partial charge in [0.2, 0.25) is 5.91 Å². The van der Waals surface area contributed by atoms with E-state index in [1.807, 2.05) is 60.4 Å². The maximum Gasteiger partial charge on any atom is 0.321 e. The van der Waals surface area contributed by atoms with Gasteiger partial charge in [-0.2, -0.15) is 0 Å².